The van der Waals surface area contributed by atoms with Gasteiger partial charge in [-0.25, -0.2) is 0 Å². The van der Waals surface area contributed by atoms with Crippen LogP contribution in [0.1, 0.15) is 15.9 Å². The molecule has 0 unspecified atom stereocenters. The van der Waals surface area contributed by atoms with Gasteiger partial charge in [0, 0.05) is 5.56 Å². The molecular weight excluding hydrogens is 292 g/mol. The molecule has 0 radical (unpaired) electrons. The van der Waals surface area contributed by atoms with Crippen molar-refractivity contribution in [2.75, 3.05) is 6.61 Å². The molecule has 0 atom stereocenters. The van der Waals surface area contributed by atoms with Gasteiger partial charge < -0.3 is 9.47 Å². The molecule has 2 aromatic carbocycles. The van der Waals surface area contributed by atoms with Crippen molar-refractivity contribution < 1.29 is 23.0 Å². The first kappa shape index (κ1) is 15.4. The minimum absolute atomic E-state index is 0.0143. The van der Waals surface area contributed by atoms with Crippen LogP contribution in [0.2, 0.25) is 0 Å². The molecule has 0 aliphatic carbocycles. The van der Waals surface area contributed by atoms with E-state index in [1.54, 1.807) is 24.3 Å². The molecule has 0 aromatic heterocycles. The summed E-state index contributed by atoms with van der Waals surface area (Å²) >= 11 is 0. The van der Waals surface area contributed by atoms with E-state index in [4.69, 9.17) is 10.00 Å². The number of Topliss-reactive ketones (excluding diaryl/α,β-unsaturated/α-hetero) is 1. The minimum atomic E-state index is -2.90. The smallest absolute Gasteiger partial charge is 0.387 e. The molecule has 4 nitrogen and oxygen atoms in total. The van der Waals surface area contributed by atoms with Crippen LogP contribution < -0.4 is 9.47 Å². The van der Waals surface area contributed by atoms with Gasteiger partial charge in [-0.15, -0.1) is 0 Å². The Balaban J connectivity index is 1.92. The van der Waals surface area contributed by atoms with Gasteiger partial charge in [0.1, 0.15) is 11.5 Å². The lowest BCUT2D eigenvalue weighted by Crippen LogP contribution is -2.11. The zero-order valence-electron chi connectivity index (χ0n) is 11.3. The Morgan fingerprint density at radius 2 is 1.64 bits per heavy atom. The molecule has 2 rings (SSSR count). The lowest BCUT2D eigenvalue weighted by Gasteiger charge is -2.07. The van der Waals surface area contributed by atoms with Crippen LogP contribution in [0, 0.1) is 11.3 Å². The number of carbonyl (C=O) groups is 1. The summed E-state index contributed by atoms with van der Waals surface area (Å²) in [6.07, 6.45) is 0. The van der Waals surface area contributed by atoms with Crippen LogP contribution in [0.5, 0.6) is 11.5 Å². The lowest BCUT2D eigenvalue weighted by atomic mass is 10.1. The zero-order valence-corrected chi connectivity index (χ0v) is 11.3. The number of hydrogen-bond donors (Lipinski definition) is 0. The molecule has 6 heteroatoms. The Bertz CT molecular complexity index is 676. The van der Waals surface area contributed by atoms with E-state index >= 15 is 0 Å². The van der Waals surface area contributed by atoms with E-state index in [9.17, 15) is 13.6 Å². The number of alkyl halides is 2. The summed E-state index contributed by atoms with van der Waals surface area (Å²) in [5.74, 6) is 0.150. The van der Waals surface area contributed by atoms with Crippen molar-refractivity contribution in [3.8, 4) is 17.6 Å². The highest BCUT2D eigenvalue weighted by atomic mass is 19.3. The Morgan fingerprint density at radius 3 is 2.18 bits per heavy atom. The maximum Gasteiger partial charge on any atom is 0.387 e. The fourth-order valence-electron chi connectivity index (χ4n) is 1.68. The van der Waals surface area contributed by atoms with Gasteiger partial charge in [0.2, 0.25) is 0 Å². The average molecular weight is 303 g/mol. The maximum atomic E-state index is 12.0. The number of carbonyl (C=O) groups excluding carboxylic acids is 1. The van der Waals surface area contributed by atoms with E-state index in [0.717, 1.165) is 0 Å². The van der Waals surface area contributed by atoms with Crippen LogP contribution in [0.4, 0.5) is 8.78 Å². The van der Waals surface area contributed by atoms with E-state index < -0.39 is 6.61 Å². The topological polar surface area (TPSA) is 59.3 Å². The number of nitrogens with zero attached hydrogens (tertiary/aromatic N) is 1. The highest BCUT2D eigenvalue weighted by molar-refractivity contribution is 5.97. The Hall–Kier alpha value is -2.94. The van der Waals surface area contributed by atoms with Crippen molar-refractivity contribution >= 4 is 5.78 Å². The van der Waals surface area contributed by atoms with Crippen LogP contribution >= 0.6 is 0 Å². The third-order valence-electron chi connectivity index (χ3n) is 2.75. The quantitative estimate of drug-likeness (QED) is 0.767. The molecule has 2 aromatic rings. The van der Waals surface area contributed by atoms with Crippen molar-refractivity contribution in [3.63, 3.8) is 0 Å². The normalized spacial score (nSPS) is 10.1. The summed E-state index contributed by atoms with van der Waals surface area (Å²) in [5.41, 5.74) is 0.823. The molecule has 0 saturated heterocycles. The van der Waals surface area contributed by atoms with Crippen LogP contribution in [-0.4, -0.2) is 19.0 Å². The number of halogens is 2. The molecule has 0 fully saturated rings. The second-order valence-electron chi connectivity index (χ2n) is 4.25. The highest BCUT2D eigenvalue weighted by Gasteiger charge is 2.09. The first-order valence-corrected chi connectivity index (χ1v) is 6.29. The van der Waals surface area contributed by atoms with Gasteiger partial charge in [-0.05, 0) is 48.5 Å². The molecule has 0 aliphatic rings. The molecule has 0 saturated carbocycles. The summed E-state index contributed by atoms with van der Waals surface area (Å²) < 4.78 is 33.5. The Morgan fingerprint density at radius 1 is 1.05 bits per heavy atom. The molecule has 0 amide bonds. The maximum absolute atomic E-state index is 12.0. The molecular formula is C16H11F2NO3. The Labute approximate surface area is 125 Å². The molecule has 0 heterocycles. The number of nitriles is 1. The molecule has 22 heavy (non-hydrogen) atoms. The predicted molar refractivity (Wildman–Crippen MR) is 74.1 cm³/mol. The van der Waals surface area contributed by atoms with E-state index in [-0.39, 0.29) is 18.1 Å². The predicted octanol–water partition coefficient (Wildman–Crippen LogP) is 3.42. The fraction of sp³-hybridized carbons (Fsp3) is 0.125. The molecule has 0 bridgehead atoms. The largest absolute Gasteiger partial charge is 0.485 e. The van der Waals surface area contributed by atoms with Gasteiger partial charge in [-0.1, -0.05) is 0 Å². The first-order chi connectivity index (χ1) is 10.6. The monoisotopic (exact) mass is 303 g/mol. The number of rotatable bonds is 6. The SMILES string of the molecule is N#Cc1ccc(OCC(=O)c2ccc(OC(F)F)cc2)cc1. The van der Waals surface area contributed by atoms with Crippen molar-refractivity contribution in [2.45, 2.75) is 6.61 Å². The third-order valence-corrected chi connectivity index (χ3v) is 2.75. The molecule has 112 valence electrons. The molecule has 0 N–H and O–H groups in total. The lowest BCUT2D eigenvalue weighted by molar-refractivity contribution is -0.0498. The number of hydrogen-bond acceptors (Lipinski definition) is 4. The fourth-order valence-corrected chi connectivity index (χ4v) is 1.68. The standard InChI is InChI=1S/C16H11F2NO3/c17-16(18)22-14-7-3-12(4-8-14)15(20)10-21-13-5-1-11(9-19)2-6-13/h1-8,16H,10H2. The van der Waals surface area contributed by atoms with E-state index in [1.165, 1.54) is 24.3 Å². The third kappa shape index (κ3) is 4.28. The van der Waals surface area contributed by atoms with E-state index in [0.29, 0.717) is 16.9 Å². The van der Waals surface area contributed by atoms with Crippen molar-refractivity contribution in [1.29, 1.82) is 5.26 Å². The van der Waals surface area contributed by atoms with Gasteiger partial charge in [0.25, 0.3) is 0 Å². The van der Waals surface area contributed by atoms with Crippen LogP contribution in [0.15, 0.2) is 48.5 Å². The van der Waals surface area contributed by atoms with E-state index in [2.05, 4.69) is 4.74 Å². The van der Waals surface area contributed by atoms with Crippen LogP contribution in [0.25, 0.3) is 0 Å². The van der Waals surface area contributed by atoms with Crippen molar-refractivity contribution in [2.24, 2.45) is 0 Å². The molecule has 0 spiro atoms. The van der Waals surface area contributed by atoms with Gasteiger partial charge in [0.05, 0.1) is 11.6 Å². The van der Waals surface area contributed by atoms with Crippen molar-refractivity contribution in [1.82, 2.24) is 0 Å². The summed E-state index contributed by atoms with van der Waals surface area (Å²) in [4.78, 5) is 11.9. The molecule has 0 aliphatic heterocycles. The van der Waals surface area contributed by atoms with Crippen molar-refractivity contribution in [3.05, 3.63) is 59.7 Å². The second kappa shape index (κ2) is 7.18. The van der Waals surface area contributed by atoms with E-state index in [1.807, 2.05) is 6.07 Å². The average Bonchev–Trinajstić information content (AvgIpc) is 2.53. The summed E-state index contributed by atoms with van der Waals surface area (Å²) in [7, 11) is 0. The van der Waals surface area contributed by atoms with Gasteiger partial charge in [0.15, 0.2) is 12.4 Å². The highest BCUT2D eigenvalue weighted by Crippen LogP contribution is 2.16. The number of ether oxygens (including phenoxy) is 2. The van der Waals surface area contributed by atoms with Gasteiger partial charge >= 0.3 is 6.61 Å². The minimum Gasteiger partial charge on any atom is -0.485 e. The van der Waals surface area contributed by atoms with Crippen LogP contribution in [0.3, 0.4) is 0 Å². The van der Waals surface area contributed by atoms with Gasteiger partial charge in [-0.3, -0.25) is 4.79 Å². The number of ketones is 1. The summed E-state index contributed by atoms with van der Waals surface area (Å²) in [6.45, 7) is -3.10. The summed E-state index contributed by atoms with van der Waals surface area (Å²) in [5, 5.41) is 8.67. The number of benzene rings is 2. The second-order valence-corrected chi connectivity index (χ2v) is 4.25. The van der Waals surface area contributed by atoms with Crippen LogP contribution in [-0.2, 0) is 0 Å². The Kier molecular flexibility index (Phi) is 5.04. The summed E-state index contributed by atoms with van der Waals surface area (Å²) in [6, 6.07) is 13.7. The zero-order chi connectivity index (χ0) is 15.9. The van der Waals surface area contributed by atoms with Gasteiger partial charge in [-0.2, -0.15) is 14.0 Å². The first-order valence-electron chi connectivity index (χ1n) is 6.29.